The van der Waals surface area contributed by atoms with E-state index in [2.05, 4.69) is 17.2 Å². The first-order valence-electron chi connectivity index (χ1n) is 13.6. The smallest absolute Gasteiger partial charge is 0.408 e. The highest BCUT2D eigenvalue weighted by atomic mass is 35.5. The van der Waals surface area contributed by atoms with E-state index in [-0.39, 0.29) is 6.54 Å². The molecule has 9 nitrogen and oxygen atoms in total. The molecule has 10 heteroatoms. The molecule has 222 valence electrons. The second-order valence-electron chi connectivity index (χ2n) is 10.8. The SMILES string of the molecule is C=Cc1cccc(C(C(=O)Nc2c(C)cccc2Cl)N(CCCCC)C(=O)C(CC(N)=O)NC(=O)OC(C)(C)C)c1. The molecular weight excluding hydrogens is 544 g/mol. The molecule has 0 fully saturated rings. The van der Waals surface area contributed by atoms with Crippen LogP contribution in [0.3, 0.4) is 0 Å². The average molecular weight is 585 g/mol. The monoisotopic (exact) mass is 584 g/mol. The number of benzene rings is 2. The third kappa shape index (κ3) is 10.2. The number of ether oxygens (including phenoxy) is 1. The third-order valence-corrected chi connectivity index (χ3v) is 6.49. The summed E-state index contributed by atoms with van der Waals surface area (Å²) in [6.45, 7) is 12.9. The Balaban J connectivity index is 2.63. The van der Waals surface area contributed by atoms with Gasteiger partial charge in [0.15, 0.2) is 0 Å². The van der Waals surface area contributed by atoms with Crippen LogP contribution < -0.4 is 16.4 Å². The van der Waals surface area contributed by atoms with Gasteiger partial charge in [0.25, 0.3) is 5.91 Å². The van der Waals surface area contributed by atoms with Crippen molar-refractivity contribution in [1.29, 1.82) is 0 Å². The molecule has 41 heavy (non-hydrogen) atoms. The van der Waals surface area contributed by atoms with Gasteiger partial charge < -0.3 is 26.0 Å². The van der Waals surface area contributed by atoms with Gasteiger partial charge in [-0.05, 0) is 62.9 Å². The van der Waals surface area contributed by atoms with Gasteiger partial charge in [-0.1, -0.05) is 74.4 Å². The molecule has 0 spiro atoms. The molecule has 0 radical (unpaired) electrons. The van der Waals surface area contributed by atoms with Gasteiger partial charge in [-0.15, -0.1) is 0 Å². The van der Waals surface area contributed by atoms with E-state index in [4.69, 9.17) is 22.1 Å². The van der Waals surface area contributed by atoms with Crippen molar-refractivity contribution in [2.24, 2.45) is 5.73 Å². The van der Waals surface area contributed by atoms with Crippen LogP contribution in [-0.2, 0) is 19.1 Å². The topological polar surface area (TPSA) is 131 Å². The molecule has 4 amide bonds. The third-order valence-electron chi connectivity index (χ3n) is 6.17. The Bertz CT molecular complexity index is 1240. The fourth-order valence-electron chi connectivity index (χ4n) is 4.26. The number of nitrogens with zero attached hydrogens (tertiary/aromatic N) is 1. The number of halogens is 1. The van der Waals surface area contributed by atoms with Crippen molar-refractivity contribution >= 4 is 47.2 Å². The Morgan fingerprint density at radius 3 is 2.39 bits per heavy atom. The number of nitrogens with two attached hydrogens (primary N) is 1. The maximum Gasteiger partial charge on any atom is 0.408 e. The molecule has 2 aromatic carbocycles. The first-order valence-corrected chi connectivity index (χ1v) is 14.0. The van der Waals surface area contributed by atoms with Crippen molar-refractivity contribution in [1.82, 2.24) is 10.2 Å². The molecule has 0 aromatic heterocycles. The Morgan fingerprint density at radius 2 is 1.80 bits per heavy atom. The van der Waals surface area contributed by atoms with Gasteiger partial charge in [-0.25, -0.2) is 4.79 Å². The molecule has 4 N–H and O–H groups in total. The minimum Gasteiger partial charge on any atom is -0.444 e. The molecule has 0 heterocycles. The van der Waals surface area contributed by atoms with E-state index in [1.807, 2.05) is 26.0 Å². The second kappa shape index (κ2) is 15.2. The molecule has 0 aliphatic carbocycles. The minimum atomic E-state index is -1.36. The Morgan fingerprint density at radius 1 is 1.12 bits per heavy atom. The van der Waals surface area contributed by atoms with Crippen molar-refractivity contribution in [3.05, 3.63) is 70.8 Å². The number of primary amides is 1. The molecule has 2 unspecified atom stereocenters. The van der Waals surface area contributed by atoms with E-state index in [1.165, 1.54) is 4.90 Å². The number of para-hydroxylation sites is 1. The van der Waals surface area contributed by atoms with E-state index in [0.717, 1.165) is 24.0 Å². The lowest BCUT2D eigenvalue weighted by molar-refractivity contribution is -0.142. The largest absolute Gasteiger partial charge is 0.444 e. The van der Waals surface area contributed by atoms with Gasteiger partial charge in [0, 0.05) is 6.54 Å². The van der Waals surface area contributed by atoms with Crippen LogP contribution in [0.1, 0.15) is 76.1 Å². The predicted octanol–water partition coefficient (Wildman–Crippen LogP) is 5.76. The van der Waals surface area contributed by atoms with Crippen LogP contribution in [0, 0.1) is 6.92 Å². The number of aryl methyl sites for hydroxylation is 1. The van der Waals surface area contributed by atoms with E-state index < -0.39 is 47.9 Å². The van der Waals surface area contributed by atoms with Gasteiger partial charge in [-0.3, -0.25) is 14.4 Å². The van der Waals surface area contributed by atoms with Crippen LogP contribution >= 0.6 is 11.6 Å². The zero-order valence-corrected chi connectivity index (χ0v) is 25.2. The van der Waals surface area contributed by atoms with Gasteiger partial charge in [0.2, 0.25) is 11.8 Å². The number of hydrogen-bond donors (Lipinski definition) is 3. The van der Waals surface area contributed by atoms with Crippen molar-refractivity contribution in [3.8, 4) is 0 Å². The number of rotatable bonds is 13. The zero-order chi connectivity index (χ0) is 30.7. The van der Waals surface area contributed by atoms with Crippen molar-refractivity contribution in [2.75, 3.05) is 11.9 Å². The van der Waals surface area contributed by atoms with Gasteiger partial charge >= 0.3 is 6.09 Å². The Hall–Kier alpha value is -3.85. The molecule has 0 aliphatic heterocycles. The fraction of sp³-hybridized carbons (Fsp3) is 0.419. The van der Waals surface area contributed by atoms with Gasteiger partial charge in [-0.2, -0.15) is 0 Å². The van der Waals surface area contributed by atoms with Crippen LogP contribution in [0.25, 0.3) is 6.08 Å². The number of unbranched alkanes of at least 4 members (excludes halogenated alkanes) is 2. The number of nitrogens with one attached hydrogen (secondary N) is 2. The summed E-state index contributed by atoms with van der Waals surface area (Å²) in [4.78, 5) is 54.2. The summed E-state index contributed by atoms with van der Waals surface area (Å²) in [6.07, 6.45) is 2.51. The number of alkyl carbamates (subject to hydrolysis) is 1. The van der Waals surface area contributed by atoms with Crippen molar-refractivity contribution in [2.45, 2.75) is 78.0 Å². The quantitative estimate of drug-likeness (QED) is 0.258. The summed E-state index contributed by atoms with van der Waals surface area (Å²) < 4.78 is 5.33. The van der Waals surface area contributed by atoms with E-state index in [0.29, 0.717) is 22.7 Å². The van der Waals surface area contributed by atoms with E-state index in [9.17, 15) is 19.2 Å². The predicted molar refractivity (Wildman–Crippen MR) is 162 cm³/mol. The summed E-state index contributed by atoms with van der Waals surface area (Å²) in [5.41, 5.74) is 7.06. The molecule has 0 aliphatic rings. The highest BCUT2D eigenvalue weighted by Gasteiger charge is 2.37. The molecular formula is C31H41ClN4O5. The lowest BCUT2D eigenvalue weighted by atomic mass is 9.99. The molecule has 0 saturated heterocycles. The summed E-state index contributed by atoms with van der Waals surface area (Å²) in [6, 6.07) is 9.85. The number of hydrogen-bond acceptors (Lipinski definition) is 5. The highest BCUT2D eigenvalue weighted by Crippen LogP contribution is 2.30. The summed E-state index contributed by atoms with van der Waals surface area (Å²) in [5, 5.41) is 5.73. The lowest BCUT2D eigenvalue weighted by Gasteiger charge is -2.34. The second-order valence-corrected chi connectivity index (χ2v) is 11.2. The molecule has 0 bridgehead atoms. The number of amides is 4. The standard InChI is InChI=1S/C31H41ClN4O5/c1-7-9-10-17-36(29(39)24(19-25(33)37)34-30(40)41-31(4,5)6)27(22-15-12-14-21(8-2)18-22)28(38)35-26-20(3)13-11-16-23(26)32/h8,11-16,18,24,27H,2,7,9-10,17,19H2,1,3-6H3,(H2,33,37)(H,34,40)(H,35,38). The van der Waals surface area contributed by atoms with E-state index >= 15 is 0 Å². The summed E-state index contributed by atoms with van der Waals surface area (Å²) in [5.74, 6) is -1.96. The van der Waals surface area contributed by atoms with E-state index in [1.54, 1.807) is 57.2 Å². The van der Waals surface area contributed by atoms with Crippen LogP contribution in [-0.4, -0.2) is 46.9 Å². The minimum absolute atomic E-state index is 0.176. The Kier molecular flexibility index (Phi) is 12.4. The summed E-state index contributed by atoms with van der Waals surface area (Å²) in [7, 11) is 0. The summed E-state index contributed by atoms with van der Waals surface area (Å²) >= 11 is 6.41. The number of carbonyl (C=O) groups excluding carboxylic acids is 4. The molecule has 2 atom stereocenters. The molecule has 2 aromatic rings. The van der Waals surface area contributed by atoms with Crippen LogP contribution in [0.15, 0.2) is 49.0 Å². The zero-order valence-electron chi connectivity index (χ0n) is 24.5. The first-order chi connectivity index (χ1) is 19.3. The van der Waals surface area contributed by atoms with Crippen molar-refractivity contribution in [3.63, 3.8) is 0 Å². The van der Waals surface area contributed by atoms with Crippen LogP contribution in [0.5, 0.6) is 0 Å². The average Bonchev–Trinajstić information content (AvgIpc) is 2.88. The number of anilines is 1. The maximum atomic E-state index is 14.2. The Labute approximate surface area is 247 Å². The normalized spacial score (nSPS) is 12.5. The lowest BCUT2D eigenvalue weighted by Crippen LogP contribution is -2.53. The van der Waals surface area contributed by atoms with Gasteiger partial charge in [0.05, 0.1) is 17.1 Å². The highest BCUT2D eigenvalue weighted by molar-refractivity contribution is 6.34. The number of carbonyl (C=O) groups is 4. The first kappa shape index (κ1) is 33.4. The van der Waals surface area contributed by atoms with Crippen molar-refractivity contribution < 1.29 is 23.9 Å². The molecule has 0 saturated carbocycles. The van der Waals surface area contributed by atoms with Crippen LogP contribution in [0.4, 0.5) is 10.5 Å². The van der Waals surface area contributed by atoms with Crippen LogP contribution in [0.2, 0.25) is 5.02 Å². The maximum absolute atomic E-state index is 14.2. The fourth-order valence-corrected chi connectivity index (χ4v) is 4.53. The van der Waals surface area contributed by atoms with Gasteiger partial charge in [0.1, 0.15) is 17.7 Å². The molecule has 2 rings (SSSR count).